The van der Waals surface area contributed by atoms with E-state index in [0.717, 1.165) is 5.56 Å². The first-order valence-corrected chi connectivity index (χ1v) is 10.9. The van der Waals surface area contributed by atoms with Crippen LogP contribution in [0.3, 0.4) is 0 Å². The molecule has 1 N–H and O–H groups in total. The third-order valence-electron chi connectivity index (χ3n) is 4.98. The van der Waals surface area contributed by atoms with Crippen molar-refractivity contribution in [3.8, 4) is 23.8 Å². The predicted octanol–water partition coefficient (Wildman–Crippen LogP) is 4.04. The van der Waals surface area contributed by atoms with Crippen LogP contribution < -0.4 is 19.7 Å². The van der Waals surface area contributed by atoms with E-state index in [1.54, 1.807) is 24.3 Å². The van der Waals surface area contributed by atoms with Crippen molar-refractivity contribution < 1.29 is 19.1 Å². The molecular weight excluding hydrogens is 519 g/mol. The summed E-state index contributed by atoms with van der Waals surface area (Å²) in [5.74, 6) is 2.26. The maximum atomic E-state index is 13.5. The molecule has 7 heteroatoms. The van der Waals surface area contributed by atoms with E-state index in [4.69, 9.17) is 15.9 Å². The van der Waals surface area contributed by atoms with Crippen LogP contribution in [0.15, 0.2) is 72.8 Å². The molecule has 1 unspecified atom stereocenters. The lowest BCUT2D eigenvalue weighted by Crippen LogP contribution is -2.43. The average molecular weight is 538 g/mol. The number of hydrogen-bond donors (Lipinski definition) is 1. The molecule has 32 heavy (non-hydrogen) atoms. The van der Waals surface area contributed by atoms with E-state index in [-0.39, 0.29) is 12.7 Å². The van der Waals surface area contributed by atoms with Crippen molar-refractivity contribution in [2.24, 2.45) is 0 Å². The van der Waals surface area contributed by atoms with Gasteiger partial charge < -0.3 is 14.8 Å². The number of halogens is 1. The highest BCUT2D eigenvalue weighted by Gasteiger charge is 2.34. The number of nitrogens with zero attached hydrogens (tertiary/aromatic N) is 1. The molecule has 0 bridgehead atoms. The molecule has 0 saturated carbocycles. The monoisotopic (exact) mass is 538 g/mol. The number of carbonyl (C=O) groups excluding carboxylic acids is 2. The van der Waals surface area contributed by atoms with Gasteiger partial charge in [0, 0.05) is 16.2 Å². The highest BCUT2D eigenvalue weighted by atomic mass is 127. The number of benzene rings is 3. The lowest BCUT2D eigenvalue weighted by molar-refractivity contribution is -0.125. The smallest absolute Gasteiger partial charge is 0.303 e. The van der Waals surface area contributed by atoms with E-state index in [0.29, 0.717) is 32.9 Å². The minimum atomic E-state index is -0.975. The van der Waals surface area contributed by atoms with Crippen LogP contribution in [0.2, 0.25) is 0 Å². The SMILES string of the molecule is C#CC(=O)N(c1cc2c(cc1I)OCO2)C(C(=O)NCc1ccccc1)c1ccccc1. The molecule has 0 saturated heterocycles. The summed E-state index contributed by atoms with van der Waals surface area (Å²) < 4.78 is 11.6. The second-order valence-corrected chi connectivity index (χ2v) is 8.16. The van der Waals surface area contributed by atoms with Crippen LogP contribution in [0.1, 0.15) is 17.2 Å². The molecule has 4 rings (SSSR count). The van der Waals surface area contributed by atoms with Gasteiger partial charge in [-0.05, 0) is 45.7 Å². The third kappa shape index (κ3) is 4.55. The van der Waals surface area contributed by atoms with Gasteiger partial charge in [-0.1, -0.05) is 60.7 Å². The van der Waals surface area contributed by atoms with Gasteiger partial charge >= 0.3 is 5.91 Å². The van der Waals surface area contributed by atoms with Gasteiger partial charge in [-0.2, -0.15) is 0 Å². The number of hydrogen-bond acceptors (Lipinski definition) is 4. The third-order valence-corrected chi connectivity index (χ3v) is 5.84. The molecule has 0 aliphatic carbocycles. The molecule has 3 aromatic rings. The number of terminal acetylenes is 1. The molecule has 1 aliphatic rings. The Morgan fingerprint density at radius 1 is 1.03 bits per heavy atom. The Labute approximate surface area is 199 Å². The highest BCUT2D eigenvalue weighted by Crippen LogP contribution is 2.41. The number of ether oxygens (including phenoxy) is 2. The zero-order chi connectivity index (χ0) is 22.5. The zero-order valence-electron chi connectivity index (χ0n) is 17.0. The van der Waals surface area contributed by atoms with Crippen molar-refractivity contribution in [2.75, 3.05) is 11.7 Å². The molecule has 160 valence electrons. The Morgan fingerprint density at radius 3 is 2.31 bits per heavy atom. The summed E-state index contributed by atoms with van der Waals surface area (Å²) in [5.41, 5.74) is 2.05. The molecule has 0 spiro atoms. The second-order valence-electron chi connectivity index (χ2n) is 6.99. The van der Waals surface area contributed by atoms with E-state index in [1.807, 2.05) is 48.5 Å². The summed E-state index contributed by atoms with van der Waals surface area (Å²) in [5, 5.41) is 2.94. The molecule has 2 amide bonds. The Kier molecular flexibility index (Phi) is 6.61. The number of amides is 2. The van der Waals surface area contributed by atoms with Gasteiger partial charge in [0.25, 0.3) is 0 Å². The molecule has 1 aliphatic heterocycles. The summed E-state index contributed by atoms with van der Waals surface area (Å²) in [4.78, 5) is 27.8. The van der Waals surface area contributed by atoms with Crippen LogP contribution in [0, 0.1) is 15.9 Å². The van der Waals surface area contributed by atoms with Crippen LogP contribution in [0.25, 0.3) is 0 Å². The van der Waals surface area contributed by atoms with E-state index in [9.17, 15) is 9.59 Å². The van der Waals surface area contributed by atoms with E-state index in [2.05, 4.69) is 33.8 Å². The molecule has 0 fully saturated rings. The molecule has 3 aromatic carbocycles. The van der Waals surface area contributed by atoms with Crippen LogP contribution >= 0.6 is 22.6 Å². The summed E-state index contributed by atoms with van der Waals surface area (Å²) in [6, 6.07) is 21.1. The fourth-order valence-corrected chi connectivity index (χ4v) is 4.16. The molecule has 1 heterocycles. The minimum Gasteiger partial charge on any atom is -0.454 e. The molecule has 0 radical (unpaired) electrons. The van der Waals surface area contributed by atoms with E-state index < -0.39 is 11.9 Å². The van der Waals surface area contributed by atoms with Gasteiger partial charge in [-0.3, -0.25) is 14.5 Å². The molecule has 6 nitrogen and oxygen atoms in total. The first kappa shape index (κ1) is 21.7. The number of rotatable bonds is 6. The largest absolute Gasteiger partial charge is 0.454 e. The fourth-order valence-electron chi connectivity index (χ4n) is 3.46. The Hall–Kier alpha value is -3.51. The van der Waals surface area contributed by atoms with Gasteiger partial charge in [0.05, 0.1) is 5.69 Å². The Morgan fingerprint density at radius 2 is 1.66 bits per heavy atom. The van der Waals surface area contributed by atoms with Gasteiger partial charge in [-0.25, -0.2) is 0 Å². The van der Waals surface area contributed by atoms with Crippen molar-refractivity contribution in [3.63, 3.8) is 0 Å². The summed E-state index contributed by atoms with van der Waals surface area (Å²) >= 11 is 2.10. The van der Waals surface area contributed by atoms with E-state index in [1.165, 1.54) is 4.90 Å². The van der Waals surface area contributed by atoms with Crippen molar-refractivity contribution in [2.45, 2.75) is 12.6 Å². The average Bonchev–Trinajstić information content (AvgIpc) is 3.28. The van der Waals surface area contributed by atoms with Crippen LogP contribution in [0.5, 0.6) is 11.5 Å². The summed E-state index contributed by atoms with van der Waals surface area (Å²) in [7, 11) is 0. The maximum Gasteiger partial charge on any atom is 0.303 e. The van der Waals surface area contributed by atoms with Crippen molar-refractivity contribution >= 4 is 40.1 Å². The molecule has 0 aromatic heterocycles. The van der Waals surface area contributed by atoms with E-state index >= 15 is 0 Å². The number of nitrogens with one attached hydrogen (secondary N) is 1. The van der Waals surface area contributed by atoms with Gasteiger partial charge in [0.2, 0.25) is 12.7 Å². The Bertz CT molecular complexity index is 1180. The topological polar surface area (TPSA) is 67.9 Å². The number of fused-ring (bicyclic) bond motifs is 1. The van der Waals surface area contributed by atoms with Crippen molar-refractivity contribution in [1.29, 1.82) is 0 Å². The fraction of sp³-hybridized carbons (Fsp3) is 0.120. The summed E-state index contributed by atoms with van der Waals surface area (Å²) in [6.45, 7) is 0.414. The second kappa shape index (κ2) is 9.75. The standard InChI is InChI=1S/C25H19IN2O4/c1-2-23(29)28(20-14-22-21(13-19(20)26)31-16-32-22)24(18-11-7-4-8-12-18)25(30)27-15-17-9-5-3-6-10-17/h1,3-14,24H,15-16H2,(H,27,30). The number of carbonyl (C=O) groups is 2. The first-order valence-electron chi connectivity index (χ1n) is 9.84. The normalized spacial score (nSPS) is 12.5. The zero-order valence-corrected chi connectivity index (χ0v) is 19.1. The van der Waals surface area contributed by atoms with Crippen LogP contribution in [0.4, 0.5) is 5.69 Å². The lowest BCUT2D eigenvalue weighted by Gasteiger charge is -2.30. The quantitative estimate of drug-likeness (QED) is 0.380. The maximum absolute atomic E-state index is 13.5. The Balaban J connectivity index is 1.76. The minimum absolute atomic E-state index is 0.0949. The van der Waals surface area contributed by atoms with Gasteiger partial charge in [0.1, 0.15) is 6.04 Å². The van der Waals surface area contributed by atoms with Crippen LogP contribution in [-0.2, 0) is 16.1 Å². The predicted molar refractivity (Wildman–Crippen MR) is 129 cm³/mol. The highest BCUT2D eigenvalue weighted by molar-refractivity contribution is 14.1. The lowest BCUT2D eigenvalue weighted by atomic mass is 10.0. The first-order chi connectivity index (χ1) is 15.6. The molecule has 1 atom stereocenters. The van der Waals surface area contributed by atoms with Crippen molar-refractivity contribution in [1.82, 2.24) is 5.32 Å². The van der Waals surface area contributed by atoms with Gasteiger partial charge in [-0.15, -0.1) is 6.42 Å². The van der Waals surface area contributed by atoms with Crippen LogP contribution in [-0.4, -0.2) is 18.6 Å². The van der Waals surface area contributed by atoms with Crippen molar-refractivity contribution in [3.05, 3.63) is 87.5 Å². The summed E-state index contributed by atoms with van der Waals surface area (Å²) in [6.07, 6.45) is 5.52. The molecular formula is C25H19IN2O4. The number of anilines is 1. The van der Waals surface area contributed by atoms with Gasteiger partial charge in [0.15, 0.2) is 11.5 Å².